The van der Waals surface area contributed by atoms with Gasteiger partial charge >= 0.3 is 5.97 Å². The summed E-state index contributed by atoms with van der Waals surface area (Å²) in [6, 6.07) is 14.6. The fraction of sp³-hybridized carbons (Fsp3) is 0.263. The van der Waals surface area contributed by atoms with Crippen LogP contribution in [0.1, 0.15) is 12.0 Å². The average molecular weight is 341 g/mol. The van der Waals surface area contributed by atoms with Crippen LogP contribution in [0.2, 0.25) is 0 Å². The molecule has 0 saturated heterocycles. The quantitative estimate of drug-likeness (QED) is 0.756. The zero-order valence-electron chi connectivity index (χ0n) is 13.9. The number of nitrogens with zero attached hydrogens (tertiary/aromatic N) is 1. The van der Waals surface area contributed by atoms with Crippen molar-refractivity contribution in [2.24, 2.45) is 0 Å². The third-order valence-corrected chi connectivity index (χ3v) is 3.91. The lowest BCUT2D eigenvalue weighted by Gasteiger charge is -2.28. The van der Waals surface area contributed by atoms with Gasteiger partial charge in [0, 0.05) is 6.54 Å². The van der Waals surface area contributed by atoms with Gasteiger partial charge < -0.3 is 19.1 Å². The SMILES string of the molecule is COc1ccc(COC(=O)CCN2C(=O)COc3ccccc32)cc1. The predicted molar refractivity (Wildman–Crippen MR) is 91.7 cm³/mol. The molecule has 6 nitrogen and oxygen atoms in total. The molecule has 0 unspecified atom stereocenters. The molecular formula is C19H19NO5. The number of anilines is 1. The van der Waals surface area contributed by atoms with E-state index in [9.17, 15) is 9.59 Å². The maximum atomic E-state index is 12.0. The number of ether oxygens (including phenoxy) is 3. The van der Waals surface area contributed by atoms with E-state index in [2.05, 4.69) is 0 Å². The molecule has 0 atom stereocenters. The molecule has 1 heterocycles. The normalized spacial score (nSPS) is 13.0. The first-order valence-corrected chi connectivity index (χ1v) is 7.98. The summed E-state index contributed by atoms with van der Waals surface area (Å²) in [5.74, 6) is 0.877. The third kappa shape index (κ3) is 4.09. The topological polar surface area (TPSA) is 65.1 Å². The van der Waals surface area contributed by atoms with Crippen molar-refractivity contribution < 1.29 is 23.8 Å². The average Bonchev–Trinajstić information content (AvgIpc) is 2.66. The number of hydrogen-bond acceptors (Lipinski definition) is 5. The Balaban J connectivity index is 1.52. The Bertz CT molecular complexity index is 757. The Kier molecular flexibility index (Phi) is 5.18. The molecule has 1 amide bonds. The Labute approximate surface area is 145 Å². The van der Waals surface area contributed by atoms with Gasteiger partial charge in [-0.1, -0.05) is 24.3 Å². The number of fused-ring (bicyclic) bond motifs is 1. The van der Waals surface area contributed by atoms with Crippen LogP contribution in [0.4, 0.5) is 5.69 Å². The number of rotatable bonds is 6. The minimum absolute atomic E-state index is 0.0160. The van der Waals surface area contributed by atoms with E-state index in [4.69, 9.17) is 14.2 Å². The van der Waals surface area contributed by atoms with E-state index in [1.807, 2.05) is 36.4 Å². The molecule has 0 radical (unpaired) electrons. The minimum Gasteiger partial charge on any atom is -0.497 e. The molecule has 1 aliphatic heterocycles. The number of amides is 1. The van der Waals surface area contributed by atoms with Gasteiger partial charge in [-0.2, -0.15) is 0 Å². The standard InChI is InChI=1S/C19H19NO5/c1-23-15-8-6-14(7-9-15)12-25-19(22)10-11-20-16-4-2-3-5-17(16)24-13-18(20)21/h2-9H,10-13H2,1H3. The lowest BCUT2D eigenvalue weighted by molar-refractivity contribution is -0.144. The largest absolute Gasteiger partial charge is 0.497 e. The van der Waals surface area contributed by atoms with E-state index in [1.165, 1.54) is 0 Å². The number of esters is 1. The molecule has 0 fully saturated rings. The Morgan fingerprint density at radius 2 is 1.92 bits per heavy atom. The molecule has 0 N–H and O–H groups in total. The van der Waals surface area contributed by atoms with E-state index in [0.717, 1.165) is 11.3 Å². The molecule has 0 spiro atoms. The summed E-state index contributed by atoms with van der Waals surface area (Å²) in [7, 11) is 1.60. The van der Waals surface area contributed by atoms with Crippen LogP contribution in [0.3, 0.4) is 0 Å². The highest BCUT2D eigenvalue weighted by molar-refractivity contribution is 5.98. The molecule has 0 saturated carbocycles. The van der Waals surface area contributed by atoms with Crippen LogP contribution in [0.5, 0.6) is 11.5 Å². The van der Waals surface area contributed by atoms with Crippen molar-refractivity contribution in [1.29, 1.82) is 0 Å². The van der Waals surface area contributed by atoms with Gasteiger partial charge in [0.15, 0.2) is 6.61 Å². The first-order chi connectivity index (χ1) is 12.2. The third-order valence-electron chi connectivity index (χ3n) is 3.91. The molecule has 0 bridgehead atoms. The summed E-state index contributed by atoms with van der Waals surface area (Å²) in [5.41, 5.74) is 1.56. The van der Waals surface area contributed by atoms with Crippen molar-refractivity contribution in [3.63, 3.8) is 0 Å². The summed E-state index contributed by atoms with van der Waals surface area (Å²) in [6.45, 7) is 0.440. The van der Waals surface area contributed by atoms with Gasteiger partial charge in [-0.05, 0) is 29.8 Å². The minimum atomic E-state index is -0.354. The molecule has 3 rings (SSSR count). The highest BCUT2D eigenvalue weighted by Crippen LogP contribution is 2.31. The van der Waals surface area contributed by atoms with Crippen molar-refractivity contribution in [3.8, 4) is 11.5 Å². The van der Waals surface area contributed by atoms with E-state index in [-0.39, 0.29) is 38.1 Å². The van der Waals surface area contributed by atoms with Crippen molar-refractivity contribution in [3.05, 3.63) is 54.1 Å². The Morgan fingerprint density at radius 3 is 2.68 bits per heavy atom. The lowest BCUT2D eigenvalue weighted by atomic mass is 10.2. The first kappa shape index (κ1) is 16.8. The van der Waals surface area contributed by atoms with Crippen LogP contribution in [0.25, 0.3) is 0 Å². The van der Waals surface area contributed by atoms with Crippen LogP contribution in [-0.4, -0.2) is 32.1 Å². The van der Waals surface area contributed by atoms with Gasteiger partial charge in [-0.3, -0.25) is 9.59 Å². The summed E-state index contributed by atoms with van der Waals surface area (Å²) in [4.78, 5) is 25.6. The van der Waals surface area contributed by atoms with Crippen molar-refractivity contribution in [2.45, 2.75) is 13.0 Å². The molecule has 0 aliphatic carbocycles. The van der Waals surface area contributed by atoms with E-state index in [0.29, 0.717) is 11.4 Å². The highest BCUT2D eigenvalue weighted by Gasteiger charge is 2.25. The summed E-state index contributed by atoms with van der Waals surface area (Å²) < 4.78 is 15.7. The van der Waals surface area contributed by atoms with E-state index >= 15 is 0 Å². The molecule has 2 aromatic rings. The molecule has 130 valence electrons. The maximum Gasteiger partial charge on any atom is 0.307 e. The fourth-order valence-corrected chi connectivity index (χ4v) is 2.56. The number of hydrogen-bond donors (Lipinski definition) is 0. The molecule has 1 aliphatic rings. The van der Waals surface area contributed by atoms with Gasteiger partial charge in [0.05, 0.1) is 19.2 Å². The highest BCUT2D eigenvalue weighted by atomic mass is 16.5. The predicted octanol–water partition coefficient (Wildman–Crippen LogP) is 2.55. The van der Waals surface area contributed by atoms with Crippen molar-refractivity contribution in [1.82, 2.24) is 0 Å². The fourth-order valence-electron chi connectivity index (χ4n) is 2.56. The van der Waals surface area contributed by atoms with Gasteiger partial charge in [0.2, 0.25) is 0 Å². The number of para-hydroxylation sites is 2. The summed E-state index contributed by atoms with van der Waals surface area (Å²) >= 11 is 0. The van der Waals surface area contributed by atoms with Crippen LogP contribution in [0, 0.1) is 0 Å². The monoisotopic (exact) mass is 341 g/mol. The van der Waals surface area contributed by atoms with Crippen LogP contribution in [-0.2, 0) is 20.9 Å². The zero-order chi connectivity index (χ0) is 17.6. The van der Waals surface area contributed by atoms with Crippen molar-refractivity contribution >= 4 is 17.6 Å². The molecule has 6 heteroatoms. The Morgan fingerprint density at radius 1 is 1.16 bits per heavy atom. The zero-order valence-corrected chi connectivity index (χ0v) is 13.9. The number of carbonyl (C=O) groups is 2. The van der Waals surface area contributed by atoms with Gasteiger partial charge in [-0.15, -0.1) is 0 Å². The second-order valence-corrected chi connectivity index (χ2v) is 5.56. The molecule has 25 heavy (non-hydrogen) atoms. The maximum absolute atomic E-state index is 12.0. The second kappa shape index (κ2) is 7.70. The second-order valence-electron chi connectivity index (χ2n) is 5.56. The number of methoxy groups -OCH3 is 1. The first-order valence-electron chi connectivity index (χ1n) is 7.98. The van der Waals surface area contributed by atoms with Crippen molar-refractivity contribution in [2.75, 3.05) is 25.2 Å². The number of carbonyl (C=O) groups excluding carboxylic acids is 2. The van der Waals surface area contributed by atoms with Gasteiger partial charge in [0.1, 0.15) is 18.1 Å². The Hall–Kier alpha value is -3.02. The van der Waals surface area contributed by atoms with Crippen LogP contribution in [0.15, 0.2) is 48.5 Å². The van der Waals surface area contributed by atoms with Gasteiger partial charge in [0.25, 0.3) is 5.91 Å². The lowest BCUT2D eigenvalue weighted by Crippen LogP contribution is -2.40. The summed E-state index contributed by atoms with van der Waals surface area (Å²) in [5, 5.41) is 0. The smallest absolute Gasteiger partial charge is 0.307 e. The molecule has 0 aromatic heterocycles. The molecule has 2 aromatic carbocycles. The summed E-state index contributed by atoms with van der Waals surface area (Å²) in [6.07, 6.45) is 0.121. The van der Waals surface area contributed by atoms with Gasteiger partial charge in [-0.25, -0.2) is 0 Å². The van der Waals surface area contributed by atoms with Crippen LogP contribution < -0.4 is 14.4 Å². The molecular weight excluding hydrogens is 322 g/mol. The van der Waals surface area contributed by atoms with Crippen LogP contribution >= 0.6 is 0 Å². The van der Waals surface area contributed by atoms with E-state index < -0.39 is 0 Å². The van der Waals surface area contributed by atoms with E-state index in [1.54, 1.807) is 24.1 Å². The number of benzene rings is 2.